The Kier molecular flexibility index (Phi) is 6.59. The van der Waals surface area contributed by atoms with Crippen molar-refractivity contribution in [1.82, 2.24) is 0 Å². The first-order valence-electron chi connectivity index (χ1n) is 7.63. The number of rotatable bonds is 8. The molecule has 124 valence electrons. The van der Waals surface area contributed by atoms with E-state index in [0.29, 0.717) is 19.8 Å². The maximum atomic E-state index is 5.68. The van der Waals surface area contributed by atoms with Gasteiger partial charge in [-0.15, -0.1) is 0 Å². The summed E-state index contributed by atoms with van der Waals surface area (Å²) < 4.78 is 17.5. The fourth-order valence-corrected chi connectivity index (χ4v) is 2.62. The molecule has 0 bridgehead atoms. The van der Waals surface area contributed by atoms with E-state index in [1.54, 1.807) is 7.11 Å². The highest BCUT2D eigenvalue weighted by molar-refractivity contribution is 9.10. The third-order valence-electron chi connectivity index (χ3n) is 3.29. The predicted octanol–water partition coefficient (Wildman–Crippen LogP) is 4.87. The largest absolute Gasteiger partial charge is 0.497 e. The fourth-order valence-electron chi connectivity index (χ4n) is 2.16. The summed E-state index contributed by atoms with van der Waals surface area (Å²) in [7, 11) is 1.66. The molecule has 0 aliphatic heterocycles. The lowest BCUT2D eigenvalue weighted by atomic mass is 10.2. The Bertz CT molecular complexity index is 629. The van der Waals surface area contributed by atoms with Gasteiger partial charge in [0.1, 0.15) is 5.75 Å². The molecule has 5 heteroatoms. The van der Waals surface area contributed by atoms with Crippen LogP contribution >= 0.6 is 15.9 Å². The molecule has 0 spiro atoms. The molecule has 2 rings (SSSR count). The van der Waals surface area contributed by atoms with E-state index in [4.69, 9.17) is 14.2 Å². The summed E-state index contributed by atoms with van der Waals surface area (Å²) in [4.78, 5) is 0. The molecular weight excluding hydrogens is 358 g/mol. The van der Waals surface area contributed by atoms with Crippen LogP contribution < -0.4 is 19.5 Å². The van der Waals surface area contributed by atoms with Crippen LogP contribution in [0.3, 0.4) is 0 Å². The normalized spacial score (nSPS) is 10.3. The van der Waals surface area contributed by atoms with Crippen molar-refractivity contribution in [3.05, 3.63) is 46.4 Å². The molecular formula is C18H22BrNO3. The van der Waals surface area contributed by atoms with E-state index < -0.39 is 0 Å². The Morgan fingerprint density at radius 3 is 2.13 bits per heavy atom. The molecule has 0 radical (unpaired) electrons. The van der Waals surface area contributed by atoms with Crippen LogP contribution in [0.2, 0.25) is 0 Å². The first-order chi connectivity index (χ1) is 11.2. The summed E-state index contributed by atoms with van der Waals surface area (Å²) in [5.41, 5.74) is 2.14. The topological polar surface area (TPSA) is 39.7 Å². The molecule has 2 aromatic rings. The highest BCUT2D eigenvalue weighted by atomic mass is 79.9. The maximum absolute atomic E-state index is 5.68. The second-order valence-corrected chi connectivity index (χ2v) is 5.69. The summed E-state index contributed by atoms with van der Waals surface area (Å²) >= 11 is 3.60. The van der Waals surface area contributed by atoms with Gasteiger partial charge in [-0.1, -0.05) is 15.9 Å². The minimum absolute atomic E-state index is 0.604. The van der Waals surface area contributed by atoms with Gasteiger partial charge in [-0.05, 0) is 55.8 Å². The van der Waals surface area contributed by atoms with Gasteiger partial charge in [0.15, 0.2) is 11.5 Å². The van der Waals surface area contributed by atoms with Gasteiger partial charge in [-0.3, -0.25) is 0 Å². The molecule has 0 fully saturated rings. The molecule has 0 atom stereocenters. The number of anilines is 1. The number of ether oxygens (including phenoxy) is 3. The van der Waals surface area contributed by atoms with E-state index in [-0.39, 0.29) is 0 Å². The van der Waals surface area contributed by atoms with Gasteiger partial charge in [0, 0.05) is 16.7 Å². The zero-order valence-electron chi connectivity index (χ0n) is 13.7. The van der Waals surface area contributed by atoms with Crippen molar-refractivity contribution in [2.45, 2.75) is 20.4 Å². The summed E-state index contributed by atoms with van der Waals surface area (Å²) in [6, 6.07) is 11.8. The Morgan fingerprint density at radius 1 is 0.957 bits per heavy atom. The van der Waals surface area contributed by atoms with E-state index >= 15 is 0 Å². The molecule has 0 saturated carbocycles. The van der Waals surface area contributed by atoms with Gasteiger partial charge in [0.25, 0.3) is 0 Å². The molecule has 0 aromatic heterocycles. The van der Waals surface area contributed by atoms with Gasteiger partial charge in [0.2, 0.25) is 0 Å². The van der Waals surface area contributed by atoms with Gasteiger partial charge in [-0.2, -0.15) is 0 Å². The first-order valence-corrected chi connectivity index (χ1v) is 8.43. The van der Waals surface area contributed by atoms with Crippen LogP contribution in [0.4, 0.5) is 5.69 Å². The lowest BCUT2D eigenvalue weighted by Gasteiger charge is -2.15. The van der Waals surface area contributed by atoms with E-state index in [1.165, 1.54) is 0 Å². The van der Waals surface area contributed by atoms with Crippen LogP contribution in [0.25, 0.3) is 0 Å². The van der Waals surface area contributed by atoms with E-state index in [1.807, 2.05) is 50.2 Å². The van der Waals surface area contributed by atoms with E-state index in [9.17, 15) is 0 Å². The fraction of sp³-hybridized carbons (Fsp3) is 0.333. The molecule has 0 amide bonds. The summed E-state index contributed by atoms with van der Waals surface area (Å²) in [5, 5.41) is 3.39. The van der Waals surface area contributed by atoms with Gasteiger partial charge < -0.3 is 19.5 Å². The van der Waals surface area contributed by atoms with Crippen molar-refractivity contribution in [3.63, 3.8) is 0 Å². The lowest BCUT2D eigenvalue weighted by Crippen LogP contribution is -2.03. The molecule has 0 aliphatic carbocycles. The van der Waals surface area contributed by atoms with Crippen molar-refractivity contribution in [2.24, 2.45) is 0 Å². The summed E-state index contributed by atoms with van der Waals surface area (Å²) in [6.45, 7) is 5.82. The second-order valence-electron chi connectivity index (χ2n) is 4.84. The Morgan fingerprint density at radius 2 is 1.57 bits per heavy atom. The van der Waals surface area contributed by atoms with Crippen molar-refractivity contribution >= 4 is 21.6 Å². The van der Waals surface area contributed by atoms with E-state index in [0.717, 1.165) is 33.0 Å². The molecule has 0 aliphatic rings. The number of hydrogen-bond donors (Lipinski definition) is 1. The quantitative estimate of drug-likeness (QED) is 0.710. The molecule has 1 N–H and O–H groups in total. The van der Waals surface area contributed by atoms with Crippen LogP contribution in [0.1, 0.15) is 19.4 Å². The van der Waals surface area contributed by atoms with Crippen molar-refractivity contribution in [1.29, 1.82) is 0 Å². The van der Waals surface area contributed by atoms with Crippen molar-refractivity contribution < 1.29 is 14.2 Å². The highest BCUT2D eigenvalue weighted by Gasteiger charge is 2.10. The second kappa shape index (κ2) is 8.67. The Labute approximate surface area is 145 Å². The average Bonchev–Trinajstić information content (AvgIpc) is 2.57. The third kappa shape index (κ3) is 4.79. The SMILES string of the molecule is CCOc1cc(Br)c(CNc2ccc(OC)cc2)cc1OCC. The van der Waals surface area contributed by atoms with Crippen LogP contribution in [0.15, 0.2) is 40.9 Å². The molecule has 0 unspecified atom stereocenters. The first kappa shape index (κ1) is 17.5. The monoisotopic (exact) mass is 379 g/mol. The van der Waals surface area contributed by atoms with Gasteiger partial charge >= 0.3 is 0 Å². The highest BCUT2D eigenvalue weighted by Crippen LogP contribution is 2.34. The minimum Gasteiger partial charge on any atom is -0.497 e. The number of hydrogen-bond acceptors (Lipinski definition) is 4. The zero-order chi connectivity index (χ0) is 16.7. The Balaban J connectivity index is 2.13. The summed E-state index contributed by atoms with van der Waals surface area (Å²) in [5.74, 6) is 2.37. The van der Waals surface area contributed by atoms with Gasteiger partial charge in [0.05, 0.1) is 20.3 Å². The third-order valence-corrected chi connectivity index (χ3v) is 4.02. The average molecular weight is 380 g/mol. The molecule has 4 nitrogen and oxygen atoms in total. The molecule has 23 heavy (non-hydrogen) atoms. The molecule has 2 aromatic carbocycles. The minimum atomic E-state index is 0.604. The predicted molar refractivity (Wildman–Crippen MR) is 96.8 cm³/mol. The van der Waals surface area contributed by atoms with Crippen LogP contribution in [-0.2, 0) is 6.54 Å². The lowest BCUT2D eigenvalue weighted by molar-refractivity contribution is 0.287. The van der Waals surface area contributed by atoms with Crippen molar-refractivity contribution in [3.8, 4) is 17.2 Å². The van der Waals surface area contributed by atoms with Crippen molar-refractivity contribution in [2.75, 3.05) is 25.6 Å². The van der Waals surface area contributed by atoms with E-state index in [2.05, 4.69) is 21.2 Å². The zero-order valence-corrected chi connectivity index (χ0v) is 15.3. The number of halogens is 1. The van der Waals surface area contributed by atoms with Crippen LogP contribution in [0.5, 0.6) is 17.2 Å². The van der Waals surface area contributed by atoms with Crippen LogP contribution in [0, 0.1) is 0 Å². The standard InChI is InChI=1S/C18H22BrNO3/c1-4-22-17-10-13(16(19)11-18(17)23-5-2)12-20-14-6-8-15(21-3)9-7-14/h6-11,20H,4-5,12H2,1-3H3. The summed E-state index contributed by atoms with van der Waals surface area (Å²) in [6.07, 6.45) is 0. The number of nitrogens with one attached hydrogen (secondary N) is 1. The Hall–Kier alpha value is -1.88. The number of methoxy groups -OCH3 is 1. The van der Waals surface area contributed by atoms with Crippen LogP contribution in [-0.4, -0.2) is 20.3 Å². The molecule has 0 heterocycles. The molecule has 0 saturated heterocycles. The maximum Gasteiger partial charge on any atom is 0.162 e. The number of benzene rings is 2. The van der Waals surface area contributed by atoms with Gasteiger partial charge in [-0.25, -0.2) is 0 Å². The smallest absolute Gasteiger partial charge is 0.162 e.